The highest BCUT2D eigenvalue weighted by molar-refractivity contribution is 9.10. The summed E-state index contributed by atoms with van der Waals surface area (Å²) in [5, 5.41) is 0. The molecule has 8 nitrogen and oxygen atoms in total. The predicted molar refractivity (Wildman–Crippen MR) is 169 cm³/mol. The molecule has 0 radical (unpaired) electrons. The molecule has 3 aromatic carbocycles. The smallest absolute Gasteiger partial charge is 0.338 e. The molecule has 42 heavy (non-hydrogen) atoms. The van der Waals surface area contributed by atoms with E-state index in [-0.39, 0.29) is 17.7 Å². The molecule has 5 rings (SSSR count). The van der Waals surface area contributed by atoms with E-state index in [4.69, 9.17) is 19.2 Å². The molecule has 0 unspecified atom stereocenters. The highest BCUT2D eigenvalue weighted by atomic mass is 79.9. The maximum absolute atomic E-state index is 14.2. The van der Waals surface area contributed by atoms with Crippen molar-refractivity contribution in [1.82, 2.24) is 4.57 Å². The van der Waals surface area contributed by atoms with Crippen LogP contribution in [0.25, 0.3) is 11.8 Å². The van der Waals surface area contributed by atoms with E-state index < -0.39 is 12.0 Å². The molecule has 0 saturated heterocycles. The molecule has 0 fully saturated rings. The topological polar surface area (TPSA) is 82.4 Å². The molecule has 1 aliphatic heterocycles. The Morgan fingerprint density at radius 2 is 1.83 bits per heavy atom. The molecule has 0 saturated carbocycles. The monoisotopic (exact) mass is 647 g/mol. The molecule has 2 heterocycles. The van der Waals surface area contributed by atoms with Crippen LogP contribution in [0.15, 0.2) is 86.6 Å². The SMILES string of the molecule is CCOC(=O)C1=C(c2ccccc2)N=c2s/c(=C\c3ccc(N(C)C)c(Br)c3)c(=O)n2[C@@H]1c1cccc(OC)c1OC. The summed E-state index contributed by atoms with van der Waals surface area (Å²) >= 11 is 4.90. The summed E-state index contributed by atoms with van der Waals surface area (Å²) in [6.45, 7) is 1.91. The summed E-state index contributed by atoms with van der Waals surface area (Å²) < 4.78 is 19.9. The third-order valence-corrected chi connectivity index (χ3v) is 8.47. The molecule has 0 spiro atoms. The zero-order valence-electron chi connectivity index (χ0n) is 23.9. The Balaban J connectivity index is 1.84. The van der Waals surface area contributed by atoms with Crippen molar-refractivity contribution in [3.8, 4) is 11.5 Å². The maximum atomic E-state index is 14.2. The van der Waals surface area contributed by atoms with Crippen LogP contribution in [0.4, 0.5) is 5.69 Å². The second kappa shape index (κ2) is 12.4. The van der Waals surface area contributed by atoms with E-state index in [1.54, 1.807) is 30.7 Å². The van der Waals surface area contributed by atoms with Gasteiger partial charge in [-0.25, -0.2) is 9.79 Å². The van der Waals surface area contributed by atoms with Gasteiger partial charge in [0.25, 0.3) is 5.56 Å². The number of carbonyl (C=O) groups is 1. The van der Waals surface area contributed by atoms with Crippen LogP contribution in [0.2, 0.25) is 0 Å². The number of thiazole rings is 1. The number of hydrogen-bond acceptors (Lipinski definition) is 8. The van der Waals surface area contributed by atoms with Gasteiger partial charge in [-0.15, -0.1) is 0 Å². The third-order valence-electron chi connectivity index (χ3n) is 6.85. The van der Waals surface area contributed by atoms with Crippen molar-refractivity contribution in [2.75, 3.05) is 39.8 Å². The molecule has 216 valence electrons. The number of nitrogens with zero attached hydrogens (tertiary/aromatic N) is 3. The molecule has 4 aromatic rings. The van der Waals surface area contributed by atoms with Gasteiger partial charge in [-0.05, 0) is 52.7 Å². The van der Waals surface area contributed by atoms with Crippen molar-refractivity contribution >= 4 is 50.7 Å². The fourth-order valence-electron chi connectivity index (χ4n) is 4.99. The summed E-state index contributed by atoms with van der Waals surface area (Å²) in [6, 6.07) is 19.9. The second-order valence-corrected chi connectivity index (χ2v) is 11.5. The highest BCUT2D eigenvalue weighted by Crippen LogP contribution is 2.42. The van der Waals surface area contributed by atoms with E-state index in [9.17, 15) is 9.59 Å². The van der Waals surface area contributed by atoms with Gasteiger partial charge in [0.2, 0.25) is 0 Å². The number of carbonyl (C=O) groups excluding carboxylic acids is 1. The summed E-state index contributed by atoms with van der Waals surface area (Å²) in [5.74, 6) is 0.329. The Morgan fingerprint density at radius 1 is 1.07 bits per heavy atom. The molecular weight excluding hydrogens is 618 g/mol. The van der Waals surface area contributed by atoms with Crippen LogP contribution >= 0.6 is 27.3 Å². The minimum Gasteiger partial charge on any atom is -0.493 e. The number of aromatic nitrogens is 1. The Labute approximate surface area is 255 Å². The number of fused-ring (bicyclic) bond motifs is 1. The first-order valence-corrected chi connectivity index (χ1v) is 14.9. The lowest BCUT2D eigenvalue weighted by atomic mass is 9.92. The first-order chi connectivity index (χ1) is 20.3. The number of para-hydroxylation sites is 1. The molecule has 1 atom stereocenters. The maximum Gasteiger partial charge on any atom is 0.338 e. The van der Waals surface area contributed by atoms with Gasteiger partial charge in [-0.3, -0.25) is 9.36 Å². The molecule has 1 aromatic heterocycles. The van der Waals surface area contributed by atoms with E-state index >= 15 is 0 Å². The minimum absolute atomic E-state index is 0.161. The van der Waals surface area contributed by atoms with Gasteiger partial charge < -0.3 is 19.1 Å². The lowest BCUT2D eigenvalue weighted by molar-refractivity contribution is -0.138. The first-order valence-electron chi connectivity index (χ1n) is 13.2. The van der Waals surface area contributed by atoms with Gasteiger partial charge in [-0.1, -0.05) is 59.9 Å². The van der Waals surface area contributed by atoms with Gasteiger partial charge in [0.05, 0.1) is 42.3 Å². The standard InChI is InChI=1S/C32H30BrN3O5S/c1-6-41-31(38)26-27(20-11-8-7-9-12-20)34-32-36(28(26)21-13-10-14-24(39-4)29(21)40-5)30(37)25(42-32)18-19-15-16-23(35(2)3)22(33)17-19/h7-18,28H,6H2,1-5H3/b25-18-/t28-/m1/s1. The van der Waals surface area contributed by atoms with E-state index in [1.165, 1.54) is 18.4 Å². The third kappa shape index (κ3) is 5.39. The molecule has 0 bridgehead atoms. The minimum atomic E-state index is -0.884. The number of hydrogen-bond donors (Lipinski definition) is 0. The predicted octanol–water partition coefficient (Wildman–Crippen LogP) is 4.78. The summed E-state index contributed by atoms with van der Waals surface area (Å²) in [6.07, 6.45) is 1.84. The second-order valence-electron chi connectivity index (χ2n) is 9.62. The molecular formula is C32H30BrN3O5S. The number of methoxy groups -OCH3 is 2. The van der Waals surface area contributed by atoms with E-state index in [2.05, 4.69) is 15.9 Å². The number of esters is 1. The van der Waals surface area contributed by atoms with E-state index in [0.29, 0.717) is 32.1 Å². The quantitative estimate of drug-likeness (QED) is 0.256. The number of halogens is 1. The molecule has 0 amide bonds. The first kappa shape index (κ1) is 29.3. The largest absolute Gasteiger partial charge is 0.493 e. The Kier molecular flexibility index (Phi) is 8.65. The van der Waals surface area contributed by atoms with Crippen molar-refractivity contribution in [2.24, 2.45) is 4.99 Å². The number of ether oxygens (including phenoxy) is 3. The average Bonchev–Trinajstić information content (AvgIpc) is 3.30. The van der Waals surface area contributed by atoms with Crippen LogP contribution in [0.5, 0.6) is 11.5 Å². The molecule has 1 aliphatic rings. The van der Waals surface area contributed by atoms with E-state index in [0.717, 1.165) is 21.3 Å². The van der Waals surface area contributed by atoms with Gasteiger partial charge in [0.1, 0.15) is 6.04 Å². The van der Waals surface area contributed by atoms with Crippen molar-refractivity contribution < 1.29 is 19.0 Å². The van der Waals surface area contributed by atoms with Crippen LogP contribution in [0.3, 0.4) is 0 Å². The van der Waals surface area contributed by atoms with E-state index in [1.807, 2.05) is 79.7 Å². The number of anilines is 1. The molecule has 10 heteroatoms. The Hall–Kier alpha value is -4.15. The Bertz CT molecular complexity index is 1860. The molecule has 0 aliphatic carbocycles. The van der Waals surface area contributed by atoms with Crippen LogP contribution < -0.4 is 29.3 Å². The fourth-order valence-corrected chi connectivity index (χ4v) is 6.74. The van der Waals surface area contributed by atoms with Crippen molar-refractivity contribution in [1.29, 1.82) is 0 Å². The lowest BCUT2D eigenvalue weighted by Gasteiger charge is -2.27. The lowest BCUT2D eigenvalue weighted by Crippen LogP contribution is -2.40. The van der Waals surface area contributed by atoms with Crippen LogP contribution in [0.1, 0.15) is 29.7 Å². The average molecular weight is 649 g/mol. The van der Waals surface area contributed by atoms with Gasteiger partial charge in [0.15, 0.2) is 16.3 Å². The highest BCUT2D eigenvalue weighted by Gasteiger charge is 2.37. The Morgan fingerprint density at radius 3 is 2.48 bits per heavy atom. The zero-order valence-corrected chi connectivity index (χ0v) is 26.3. The van der Waals surface area contributed by atoms with Crippen LogP contribution in [-0.4, -0.2) is 45.5 Å². The fraction of sp³-hybridized carbons (Fsp3) is 0.219. The van der Waals surface area contributed by atoms with Gasteiger partial charge in [0, 0.05) is 29.7 Å². The summed E-state index contributed by atoms with van der Waals surface area (Å²) in [4.78, 5) is 35.3. The number of benzene rings is 3. The van der Waals surface area contributed by atoms with Crippen LogP contribution in [0, 0.1) is 0 Å². The number of rotatable bonds is 8. The summed E-state index contributed by atoms with van der Waals surface area (Å²) in [7, 11) is 7.02. The van der Waals surface area contributed by atoms with Crippen molar-refractivity contribution in [2.45, 2.75) is 13.0 Å². The zero-order chi connectivity index (χ0) is 30.0. The van der Waals surface area contributed by atoms with Gasteiger partial charge >= 0.3 is 5.97 Å². The summed E-state index contributed by atoms with van der Waals surface area (Å²) in [5.41, 5.74) is 3.57. The van der Waals surface area contributed by atoms with Crippen molar-refractivity contribution in [3.63, 3.8) is 0 Å². The normalized spacial score (nSPS) is 14.7. The molecule has 0 N–H and O–H groups in total. The van der Waals surface area contributed by atoms with Crippen LogP contribution in [-0.2, 0) is 9.53 Å². The van der Waals surface area contributed by atoms with Gasteiger partial charge in [-0.2, -0.15) is 0 Å². The van der Waals surface area contributed by atoms with Crippen molar-refractivity contribution in [3.05, 3.63) is 113 Å².